The van der Waals surface area contributed by atoms with Crippen molar-refractivity contribution in [3.05, 3.63) is 47.4 Å². The highest BCUT2D eigenvalue weighted by Gasteiger charge is 2.16. The molecule has 5 nitrogen and oxygen atoms in total. The van der Waals surface area contributed by atoms with Crippen LogP contribution in [-0.2, 0) is 0 Å². The number of rotatable bonds is 4. The summed E-state index contributed by atoms with van der Waals surface area (Å²) in [7, 11) is 0. The van der Waals surface area contributed by atoms with Gasteiger partial charge in [-0.3, -0.25) is 0 Å². The van der Waals surface area contributed by atoms with Gasteiger partial charge in [0, 0.05) is 5.69 Å². The van der Waals surface area contributed by atoms with Crippen molar-refractivity contribution in [3.8, 4) is 0 Å². The summed E-state index contributed by atoms with van der Waals surface area (Å²) in [6.07, 6.45) is 1.58. The SMILES string of the molecule is Cc1cnc(C(C)Nc2ccc(F)cc2C(=O)O)o1. The highest BCUT2D eigenvalue weighted by Crippen LogP contribution is 2.23. The molecule has 0 fully saturated rings. The number of benzene rings is 1. The average Bonchev–Trinajstić information content (AvgIpc) is 2.78. The van der Waals surface area contributed by atoms with E-state index in [0.29, 0.717) is 17.3 Å². The molecule has 0 saturated heterocycles. The number of carbonyl (C=O) groups is 1. The number of carboxylic acids is 1. The van der Waals surface area contributed by atoms with Gasteiger partial charge in [-0.1, -0.05) is 0 Å². The number of nitrogens with one attached hydrogen (secondary N) is 1. The second-order valence-electron chi connectivity index (χ2n) is 4.17. The largest absolute Gasteiger partial charge is 0.478 e. The molecule has 0 spiro atoms. The van der Waals surface area contributed by atoms with Gasteiger partial charge in [0.05, 0.1) is 11.8 Å². The Kier molecular flexibility index (Phi) is 3.50. The maximum absolute atomic E-state index is 13.0. The van der Waals surface area contributed by atoms with E-state index in [-0.39, 0.29) is 11.6 Å². The number of oxazole rings is 1. The molecule has 2 N–H and O–H groups in total. The lowest BCUT2D eigenvalue weighted by Gasteiger charge is -2.14. The highest BCUT2D eigenvalue weighted by atomic mass is 19.1. The lowest BCUT2D eigenvalue weighted by atomic mass is 10.1. The van der Waals surface area contributed by atoms with Gasteiger partial charge < -0.3 is 14.8 Å². The van der Waals surface area contributed by atoms with Gasteiger partial charge in [0.25, 0.3) is 0 Å². The van der Waals surface area contributed by atoms with Crippen molar-refractivity contribution in [2.45, 2.75) is 19.9 Å². The zero-order chi connectivity index (χ0) is 14.0. The van der Waals surface area contributed by atoms with E-state index in [1.54, 1.807) is 20.0 Å². The van der Waals surface area contributed by atoms with Crippen LogP contribution in [0, 0.1) is 12.7 Å². The van der Waals surface area contributed by atoms with Crippen LogP contribution in [0.5, 0.6) is 0 Å². The Labute approximate surface area is 109 Å². The average molecular weight is 264 g/mol. The summed E-state index contributed by atoms with van der Waals surface area (Å²) in [6, 6.07) is 3.23. The molecule has 0 amide bonds. The molecule has 2 aromatic rings. The molecular formula is C13H13FN2O3. The van der Waals surface area contributed by atoms with Crippen molar-refractivity contribution in [1.29, 1.82) is 0 Å². The number of carboxylic acid groups (broad SMARTS) is 1. The Morgan fingerprint density at radius 1 is 1.53 bits per heavy atom. The first-order chi connectivity index (χ1) is 8.97. The van der Waals surface area contributed by atoms with Crippen LogP contribution in [0.2, 0.25) is 0 Å². The minimum atomic E-state index is -1.20. The molecule has 0 saturated carbocycles. The third kappa shape index (κ3) is 2.90. The van der Waals surface area contributed by atoms with Crippen LogP contribution in [-0.4, -0.2) is 16.1 Å². The first-order valence-corrected chi connectivity index (χ1v) is 5.69. The van der Waals surface area contributed by atoms with Gasteiger partial charge in [-0.2, -0.15) is 0 Å². The molecule has 1 unspecified atom stereocenters. The van der Waals surface area contributed by atoms with Crippen LogP contribution in [0.3, 0.4) is 0 Å². The van der Waals surface area contributed by atoms with Gasteiger partial charge in [0.1, 0.15) is 17.6 Å². The third-order valence-corrected chi connectivity index (χ3v) is 2.59. The Hall–Kier alpha value is -2.37. The standard InChI is InChI=1S/C13H13FN2O3/c1-7-6-15-12(19-7)8(2)16-11-4-3-9(14)5-10(11)13(17)18/h3-6,8,16H,1-2H3,(H,17,18). The molecule has 0 radical (unpaired) electrons. The van der Waals surface area contributed by atoms with Crippen LogP contribution in [0.4, 0.5) is 10.1 Å². The second-order valence-corrected chi connectivity index (χ2v) is 4.17. The Morgan fingerprint density at radius 3 is 2.84 bits per heavy atom. The lowest BCUT2D eigenvalue weighted by Crippen LogP contribution is -2.11. The van der Waals surface area contributed by atoms with Crippen molar-refractivity contribution in [2.75, 3.05) is 5.32 Å². The molecule has 1 aromatic heterocycles. The molecule has 0 aliphatic heterocycles. The van der Waals surface area contributed by atoms with Crippen molar-refractivity contribution < 1.29 is 18.7 Å². The number of aromatic carboxylic acids is 1. The minimum Gasteiger partial charge on any atom is -0.478 e. The molecule has 1 heterocycles. The van der Waals surface area contributed by atoms with Gasteiger partial charge in [-0.25, -0.2) is 14.2 Å². The lowest BCUT2D eigenvalue weighted by molar-refractivity contribution is 0.0697. The topological polar surface area (TPSA) is 75.4 Å². The highest BCUT2D eigenvalue weighted by molar-refractivity contribution is 5.94. The number of halogens is 1. The number of aromatic nitrogens is 1. The monoisotopic (exact) mass is 264 g/mol. The van der Waals surface area contributed by atoms with E-state index in [1.165, 1.54) is 12.1 Å². The van der Waals surface area contributed by atoms with Gasteiger partial charge >= 0.3 is 5.97 Å². The molecule has 6 heteroatoms. The summed E-state index contributed by atoms with van der Waals surface area (Å²) in [5.41, 5.74) is 0.187. The van der Waals surface area contributed by atoms with Crippen LogP contribution >= 0.6 is 0 Å². The number of nitrogens with zero attached hydrogens (tertiary/aromatic N) is 1. The van der Waals surface area contributed by atoms with E-state index in [2.05, 4.69) is 10.3 Å². The Balaban J connectivity index is 2.26. The van der Waals surface area contributed by atoms with E-state index in [1.807, 2.05) is 0 Å². The van der Waals surface area contributed by atoms with Gasteiger partial charge in [0.2, 0.25) is 5.89 Å². The van der Waals surface area contributed by atoms with Crippen LogP contribution in [0.25, 0.3) is 0 Å². The summed E-state index contributed by atoms with van der Waals surface area (Å²) in [4.78, 5) is 15.1. The second kappa shape index (κ2) is 5.09. The Morgan fingerprint density at radius 2 is 2.26 bits per heavy atom. The molecule has 0 aliphatic carbocycles. The molecule has 19 heavy (non-hydrogen) atoms. The number of hydrogen-bond acceptors (Lipinski definition) is 4. The van der Waals surface area contributed by atoms with E-state index in [4.69, 9.17) is 9.52 Å². The Bertz CT molecular complexity index is 610. The molecule has 2 rings (SSSR count). The maximum Gasteiger partial charge on any atom is 0.337 e. The van der Waals surface area contributed by atoms with Gasteiger partial charge in [-0.15, -0.1) is 0 Å². The maximum atomic E-state index is 13.0. The molecular weight excluding hydrogens is 251 g/mol. The van der Waals surface area contributed by atoms with E-state index in [0.717, 1.165) is 6.07 Å². The summed E-state index contributed by atoms with van der Waals surface area (Å²) in [6.45, 7) is 3.55. The zero-order valence-corrected chi connectivity index (χ0v) is 10.5. The first kappa shape index (κ1) is 13.1. The first-order valence-electron chi connectivity index (χ1n) is 5.69. The molecule has 100 valence electrons. The predicted octanol–water partition coefficient (Wildman–Crippen LogP) is 2.99. The third-order valence-electron chi connectivity index (χ3n) is 2.59. The van der Waals surface area contributed by atoms with Crippen LogP contribution in [0.15, 0.2) is 28.8 Å². The molecule has 1 atom stereocenters. The fourth-order valence-corrected chi connectivity index (χ4v) is 1.69. The smallest absolute Gasteiger partial charge is 0.337 e. The zero-order valence-electron chi connectivity index (χ0n) is 10.5. The van der Waals surface area contributed by atoms with E-state index >= 15 is 0 Å². The quantitative estimate of drug-likeness (QED) is 0.887. The van der Waals surface area contributed by atoms with Crippen molar-refractivity contribution >= 4 is 11.7 Å². The minimum absolute atomic E-state index is 0.130. The fourth-order valence-electron chi connectivity index (χ4n) is 1.69. The number of hydrogen-bond donors (Lipinski definition) is 2. The normalized spacial score (nSPS) is 12.2. The van der Waals surface area contributed by atoms with Crippen molar-refractivity contribution in [1.82, 2.24) is 4.98 Å². The summed E-state index contributed by atoms with van der Waals surface area (Å²) < 4.78 is 18.4. The molecule has 0 bridgehead atoms. The van der Waals surface area contributed by atoms with E-state index < -0.39 is 11.8 Å². The fraction of sp³-hybridized carbons (Fsp3) is 0.231. The number of anilines is 1. The van der Waals surface area contributed by atoms with Gasteiger partial charge in [0.15, 0.2) is 0 Å². The summed E-state index contributed by atoms with van der Waals surface area (Å²) in [5, 5.41) is 12.0. The van der Waals surface area contributed by atoms with Gasteiger partial charge in [-0.05, 0) is 32.0 Å². The van der Waals surface area contributed by atoms with Crippen molar-refractivity contribution in [2.24, 2.45) is 0 Å². The molecule has 1 aromatic carbocycles. The van der Waals surface area contributed by atoms with Crippen molar-refractivity contribution in [3.63, 3.8) is 0 Å². The molecule has 0 aliphatic rings. The van der Waals surface area contributed by atoms with Crippen LogP contribution < -0.4 is 5.32 Å². The van der Waals surface area contributed by atoms with Crippen LogP contribution in [0.1, 0.15) is 35.0 Å². The summed E-state index contributed by atoms with van der Waals surface area (Å²) in [5.74, 6) is -0.681. The van der Waals surface area contributed by atoms with E-state index in [9.17, 15) is 9.18 Å². The predicted molar refractivity (Wildman–Crippen MR) is 66.6 cm³/mol. The summed E-state index contributed by atoms with van der Waals surface area (Å²) >= 11 is 0. The number of aryl methyl sites for hydroxylation is 1.